The molecule has 4 rings (SSSR count). The quantitative estimate of drug-likeness (QED) is 0.895. The Labute approximate surface area is 141 Å². The number of fused-ring (bicyclic) bond motifs is 2. The van der Waals surface area contributed by atoms with E-state index >= 15 is 0 Å². The third-order valence-electron chi connectivity index (χ3n) is 5.89. The van der Waals surface area contributed by atoms with E-state index in [2.05, 4.69) is 9.88 Å². The van der Waals surface area contributed by atoms with Gasteiger partial charge in [0, 0.05) is 38.4 Å². The van der Waals surface area contributed by atoms with Crippen molar-refractivity contribution in [2.24, 2.45) is 23.5 Å². The predicted octanol–water partition coefficient (Wildman–Crippen LogP) is 1.76. The number of hydrogen-bond donors (Lipinski definition) is 1. The van der Waals surface area contributed by atoms with Gasteiger partial charge in [-0.25, -0.2) is 4.98 Å². The molecule has 4 unspecified atom stereocenters. The zero-order valence-electron chi connectivity index (χ0n) is 13.2. The van der Waals surface area contributed by atoms with Crippen molar-refractivity contribution in [3.8, 4) is 0 Å². The molecular formula is C17H23ClN4O. The lowest BCUT2D eigenvalue weighted by atomic mass is 9.84. The second kappa shape index (κ2) is 5.95. The molecule has 0 radical (unpaired) electrons. The fourth-order valence-corrected chi connectivity index (χ4v) is 4.74. The molecule has 2 heterocycles. The van der Waals surface area contributed by atoms with Crippen LogP contribution in [0.25, 0.3) is 0 Å². The van der Waals surface area contributed by atoms with Crippen LogP contribution in [0.2, 0.25) is 5.02 Å². The van der Waals surface area contributed by atoms with Gasteiger partial charge in [-0.05, 0) is 43.2 Å². The van der Waals surface area contributed by atoms with Gasteiger partial charge in [-0.1, -0.05) is 11.6 Å². The molecule has 1 saturated heterocycles. The molecule has 124 valence electrons. The summed E-state index contributed by atoms with van der Waals surface area (Å²) in [4.78, 5) is 21.5. The summed E-state index contributed by atoms with van der Waals surface area (Å²) in [5.74, 6) is 2.38. The normalized spacial score (nSPS) is 33.3. The number of pyridine rings is 1. The van der Waals surface area contributed by atoms with E-state index in [-0.39, 0.29) is 17.9 Å². The standard InChI is InChI=1S/C17H23ClN4O/c18-13-3-4-14(20-10-13)21-5-7-22(8-6-21)17(23)15-11-1-2-12(9-11)16(15)19/h3-4,10-12,15-16H,1-2,5-9,19H2. The highest BCUT2D eigenvalue weighted by molar-refractivity contribution is 6.30. The van der Waals surface area contributed by atoms with Crippen LogP contribution in [-0.2, 0) is 4.79 Å². The number of aromatic nitrogens is 1. The Bertz CT molecular complexity index is 583. The van der Waals surface area contributed by atoms with Crippen molar-refractivity contribution in [1.82, 2.24) is 9.88 Å². The molecular weight excluding hydrogens is 312 g/mol. The molecule has 2 N–H and O–H groups in total. The van der Waals surface area contributed by atoms with Crippen LogP contribution in [0.3, 0.4) is 0 Å². The molecule has 1 aromatic heterocycles. The van der Waals surface area contributed by atoms with Crippen LogP contribution in [0.1, 0.15) is 19.3 Å². The third kappa shape index (κ3) is 2.70. The van der Waals surface area contributed by atoms with Gasteiger partial charge in [0.25, 0.3) is 0 Å². The summed E-state index contributed by atoms with van der Waals surface area (Å²) in [7, 11) is 0. The van der Waals surface area contributed by atoms with Gasteiger partial charge < -0.3 is 15.5 Å². The highest BCUT2D eigenvalue weighted by Crippen LogP contribution is 2.48. The molecule has 1 amide bonds. The zero-order valence-corrected chi connectivity index (χ0v) is 14.0. The van der Waals surface area contributed by atoms with Crippen molar-refractivity contribution in [3.05, 3.63) is 23.4 Å². The maximum Gasteiger partial charge on any atom is 0.227 e. The highest BCUT2D eigenvalue weighted by atomic mass is 35.5. The molecule has 1 aliphatic heterocycles. The number of amides is 1. The smallest absolute Gasteiger partial charge is 0.227 e. The van der Waals surface area contributed by atoms with Gasteiger partial charge in [0.2, 0.25) is 5.91 Å². The van der Waals surface area contributed by atoms with Crippen molar-refractivity contribution < 1.29 is 4.79 Å². The van der Waals surface area contributed by atoms with E-state index in [1.165, 1.54) is 12.8 Å². The minimum absolute atomic E-state index is 0.0638. The monoisotopic (exact) mass is 334 g/mol. The van der Waals surface area contributed by atoms with Crippen LogP contribution in [0, 0.1) is 17.8 Å². The van der Waals surface area contributed by atoms with Crippen molar-refractivity contribution in [1.29, 1.82) is 0 Å². The van der Waals surface area contributed by atoms with Crippen molar-refractivity contribution >= 4 is 23.3 Å². The van der Waals surface area contributed by atoms with E-state index in [0.29, 0.717) is 16.9 Å². The summed E-state index contributed by atoms with van der Waals surface area (Å²) in [6, 6.07) is 3.87. The highest BCUT2D eigenvalue weighted by Gasteiger charge is 2.50. The van der Waals surface area contributed by atoms with E-state index in [1.807, 2.05) is 17.0 Å². The SMILES string of the molecule is NC1C2CCC(C2)C1C(=O)N1CCN(c2ccc(Cl)cn2)CC1. The molecule has 3 fully saturated rings. The summed E-state index contributed by atoms with van der Waals surface area (Å²) in [5.41, 5.74) is 6.32. The number of rotatable bonds is 2. The van der Waals surface area contributed by atoms with Gasteiger partial charge >= 0.3 is 0 Å². The Morgan fingerprint density at radius 2 is 1.91 bits per heavy atom. The van der Waals surface area contributed by atoms with Gasteiger partial charge in [-0.2, -0.15) is 0 Å². The zero-order chi connectivity index (χ0) is 16.0. The Morgan fingerprint density at radius 3 is 2.52 bits per heavy atom. The lowest BCUT2D eigenvalue weighted by Crippen LogP contribution is -2.54. The molecule has 5 nitrogen and oxygen atoms in total. The van der Waals surface area contributed by atoms with Crippen LogP contribution in [0.15, 0.2) is 18.3 Å². The molecule has 0 spiro atoms. The second-order valence-corrected chi connectivity index (χ2v) is 7.52. The number of piperazine rings is 1. The molecule has 2 aliphatic carbocycles. The summed E-state index contributed by atoms with van der Waals surface area (Å²) in [6.07, 6.45) is 5.23. The Kier molecular flexibility index (Phi) is 3.93. The molecule has 2 saturated carbocycles. The van der Waals surface area contributed by atoms with Crippen LogP contribution in [0.5, 0.6) is 0 Å². The number of halogens is 1. The fraction of sp³-hybridized carbons (Fsp3) is 0.647. The minimum Gasteiger partial charge on any atom is -0.353 e. The maximum absolute atomic E-state index is 12.9. The molecule has 3 aliphatic rings. The average molecular weight is 335 g/mol. The van der Waals surface area contributed by atoms with E-state index in [0.717, 1.165) is 38.4 Å². The summed E-state index contributed by atoms with van der Waals surface area (Å²) < 4.78 is 0. The Morgan fingerprint density at radius 1 is 1.17 bits per heavy atom. The minimum atomic E-state index is 0.0638. The van der Waals surface area contributed by atoms with Gasteiger partial charge in [0.15, 0.2) is 0 Å². The molecule has 0 aromatic carbocycles. The topological polar surface area (TPSA) is 62.5 Å². The lowest BCUT2D eigenvalue weighted by Gasteiger charge is -2.38. The van der Waals surface area contributed by atoms with Gasteiger partial charge in [0.1, 0.15) is 5.82 Å². The molecule has 1 aromatic rings. The van der Waals surface area contributed by atoms with Crippen molar-refractivity contribution in [2.45, 2.75) is 25.3 Å². The van der Waals surface area contributed by atoms with Crippen LogP contribution >= 0.6 is 11.6 Å². The van der Waals surface area contributed by atoms with Gasteiger partial charge in [-0.3, -0.25) is 4.79 Å². The summed E-state index contributed by atoms with van der Waals surface area (Å²) >= 11 is 5.89. The van der Waals surface area contributed by atoms with Crippen molar-refractivity contribution in [3.63, 3.8) is 0 Å². The number of carbonyl (C=O) groups excluding carboxylic acids is 1. The largest absolute Gasteiger partial charge is 0.353 e. The van der Waals surface area contributed by atoms with E-state index in [1.54, 1.807) is 6.20 Å². The fourth-order valence-electron chi connectivity index (χ4n) is 4.62. The number of nitrogens with zero attached hydrogens (tertiary/aromatic N) is 3. The molecule has 23 heavy (non-hydrogen) atoms. The number of anilines is 1. The summed E-state index contributed by atoms with van der Waals surface area (Å²) in [6.45, 7) is 3.14. The second-order valence-electron chi connectivity index (χ2n) is 7.08. The maximum atomic E-state index is 12.9. The van der Waals surface area contributed by atoms with E-state index in [4.69, 9.17) is 17.3 Å². The Balaban J connectivity index is 1.38. The first-order valence-electron chi connectivity index (χ1n) is 8.54. The van der Waals surface area contributed by atoms with Gasteiger partial charge in [-0.15, -0.1) is 0 Å². The molecule has 6 heteroatoms. The molecule has 2 bridgehead atoms. The first-order valence-corrected chi connectivity index (χ1v) is 8.92. The summed E-state index contributed by atoms with van der Waals surface area (Å²) in [5, 5.41) is 0.646. The molecule has 4 atom stereocenters. The van der Waals surface area contributed by atoms with E-state index < -0.39 is 0 Å². The number of carbonyl (C=O) groups is 1. The first-order chi connectivity index (χ1) is 11.1. The van der Waals surface area contributed by atoms with Gasteiger partial charge in [0.05, 0.1) is 10.9 Å². The van der Waals surface area contributed by atoms with Crippen molar-refractivity contribution in [2.75, 3.05) is 31.1 Å². The lowest BCUT2D eigenvalue weighted by molar-refractivity contribution is -0.138. The Hall–Kier alpha value is -1.33. The van der Waals surface area contributed by atoms with Crippen LogP contribution in [0.4, 0.5) is 5.82 Å². The number of hydrogen-bond acceptors (Lipinski definition) is 4. The average Bonchev–Trinajstić information content (AvgIpc) is 3.16. The van der Waals surface area contributed by atoms with Crippen LogP contribution in [-0.4, -0.2) is 48.0 Å². The predicted molar refractivity (Wildman–Crippen MR) is 90.3 cm³/mol. The van der Waals surface area contributed by atoms with E-state index in [9.17, 15) is 4.79 Å². The first kappa shape index (κ1) is 15.2. The third-order valence-corrected chi connectivity index (χ3v) is 6.12. The number of nitrogens with two attached hydrogens (primary N) is 1. The van der Waals surface area contributed by atoms with Crippen LogP contribution < -0.4 is 10.6 Å².